The third kappa shape index (κ3) is 3.70. The van der Waals surface area contributed by atoms with Crippen LogP contribution in [0.3, 0.4) is 0 Å². The lowest BCUT2D eigenvalue weighted by Gasteiger charge is -2.08. The smallest absolute Gasteiger partial charge is 0.292 e. The van der Waals surface area contributed by atoms with E-state index in [2.05, 4.69) is 5.32 Å². The zero-order valence-corrected chi connectivity index (χ0v) is 13.8. The highest BCUT2D eigenvalue weighted by atomic mass is 127. The van der Waals surface area contributed by atoms with Crippen molar-refractivity contribution in [2.75, 3.05) is 5.32 Å². The lowest BCUT2D eigenvalue weighted by molar-refractivity contribution is -0.383. The molecule has 5 nitrogen and oxygen atoms in total. The van der Waals surface area contributed by atoms with Crippen molar-refractivity contribution in [2.45, 2.75) is 6.92 Å². The van der Waals surface area contributed by atoms with Crippen LogP contribution in [0.4, 0.5) is 11.4 Å². The molecule has 108 valence electrons. The molecule has 0 saturated heterocycles. The first-order valence-electron chi connectivity index (χ1n) is 5.90. The fraction of sp³-hybridized carbons (Fsp3) is 0.0714. The maximum Gasteiger partial charge on any atom is 0.292 e. The van der Waals surface area contributed by atoms with Gasteiger partial charge in [-0.15, -0.1) is 0 Å². The van der Waals surface area contributed by atoms with E-state index < -0.39 is 10.8 Å². The van der Waals surface area contributed by atoms with Gasteiger partial charge in [-0.2, -0.15) is 0 Å². The molecule has 0 heterocycles. The van der Waals surface area contributed by atoms with Crippen molar-refractivity contribution < 1.29 is 9.72 Å². The van der Waals surface area contributed by atoms with E-state index in [4.69, 9.17) is 11.6 Å². The average molecular weight is 417 g/mol. The van der Waals surface area contributed by atoms with Crippen LogP contribution < -0.4 is 5.32 Å². The molecule has 21 heavy (non-hydrogen) atoms. The number of benzene rings is 2. The maximum absolute atomic E-state index is 12.3. The minimum Gasteiger partial charge on any atom is -0.316 e. The number of carbonyl (C=O) groups excluding carboxylic acids is 1. The van der Waals surface area contributed by atoms with E-state index in [9.17, 15) is 14.9 Å². The largest absolute Gasteiger partial charge is 0.316 e. The van der Waals surface area contributed by atoms with Crippen molar-refractivity contribution in [3.63, 3.8) is 0 Å². The number of nitro benzene ring substituents is 1. The van der Waals surface area contributed by atoms with Crippen LogP contribution in [0.1, 0.15) is 15.9 Å². The molecular weight excluding hydrogens is 407 g/mol. The molecule has 1 N–H and O–H groups in total. The predicted molar refractivity (Wildman–Crippen MR) is 90.0 cm³/mol. The van der Waals surface area contributed by atoms with E-state index in [0.717, 1.165) is 5.56 Å². The topological polar surface area (TPSA) is 72.2 Å². The van der Waals surface area contributed by atoms with E-state index in [1.807, 2.05) is 22.6 Å². The Morgan fingerprint density at radius 3 is 2.67 bits per heavy atom. The van der Waals surface area contributed by atoms with Gasteiger partial charge in [-0.25, -0.2) is 0 Å². The van der Waals surface area contributed by atoms with Crippen LogP contribution in [0.15, 0.2) is 36.4 Å². The highest BCUT2D eigenvalue weighted by Crippen LogP contribution is 2.27. The molecule has 0 aliphatic heterocycles. The first kappa shape index (κ1) is 15.7. The van der Waals surface area contributed by atoms with Crippen LogP contribution in [0.5, 0.6) is 0 Å². The number of aryl methyl sites for hydroxylation is 1. The lowest BCUT2D eigenvalue weighted by Crippen LogP contribution is -2.14. The quantitative estimate of drug-likeness (QED) is 0.457. The number of nitro groups is 1. The molecule has 0 atom stereocenters. The molecule has 2 aromatic carbocycles. The SMILES string of the molecule is Cc1ccc([N+](=O)[O-])c(NC(=O)c2cc(Cl)ccc2I)c1. The van der Waals surface area contributed by atoms with Crippen molar-refractivity contribution in [1.29, 1.82) is 0 Å². The van der Waals surface area contributed by atoms with Gasteiger partial charge in [0.15, 0.2) is 0 Å². The monoisotopic (exact) mass is 416 g/mol. The lowest BCUT2D eigenvalue weighted by atomic mass is 10.1. The Kier molecular flexibility index (Phi) is 4.79. The summed E-state index contributed by atoms with van der Waals surface area (Å²) in [7, 11) is 0. The maximum atomic E-state index is 12.3. The second-order valence-corrected chi connectivity index (χ2v) is 5.95. The Balaban J connectivity index is 2.38. The highest BCUT2D eigenvalue weighted by molar-refractivity contribution is 14.1. The van der Waals surface area contributed by atoms with Crippen LogP contribution in [-0.4, -0.2) is 10.8 Å². The molecule has 0 fully saturated rings. The first-order valence-corrected chi connectivity index (χ1v) is 7.35. The molecule has 0 aliphatic rings. The van der Waals surface area contributed by atoms with Gasteiger partial charge in [0, 0.05) is 14.7 Å². The van der Waals surface area contributed by atoms with E-state index in [0.29, 0.717) is 14.2 Å². The van der Waals surface area contributed by atoms with Gasteiger partial charge in [-0.05, 0) is 59.3 Å². The fourth-order valence-corrected chi connectivity index (χ4v) is 2.52. The minimum atomic E-state index is -0.530. The number of anilines is 1. The molecular formula is C14H10ClIN2O3. The number of halogens is 2. The molecule has 7 heteroatoms. The molecule has 0 bridgehead atoms. The number of carbonyl (C=O) groups is 1. The summed E-state index contributed by atoms with van der Waals surface area (Å²) in [5.74, 6) is -0.435. The van der Waals surface area contributed by atoms with E-state index in [1.165, 1.54) is 12.1 Å². The number of nitrogens with zero attached hydrogens (tertiary/aromatic N) is 1. The van der Waals surface area contributed by atoms with Crippen molar-refractivity contribution in [3.05, 3.63) is 66.2 Å². The van der Waals surface area contributed by atoms with Gasteiger partial charge in [0.2, 0.25) is 0 Å². The summed E-state index contributed by atoms with van der Waals surface area (Å²) in [4.78, 5) is 22.8. The summed E-state index contributed by atoms with van der Waals surface area (Å²) < 4.78 is 0.713. The molecule has 0 unspecified atom stereocenters. The molecule has 0 saturated carbocycles. The van der Waals surface area contributed by atoms with Gasteiger partial charge < -0.3 is 5.32 Å². The summed E-state index contributed by atoms with van der Waals surface area (Å²) >= 11 is 7.89. The van der Waals surface area contributed by atoms with Crippen LogP contribution in [0, 0.1) is 20.6 Å². The third-order valence-electron chi connectivity index (χ3n) is 2.77. The van der Waals surface area contributed by atoms with Gasteiger partial charge in [0.05, 0.1) is 10.5 Å². The summed E-state index contributed by atoms with van der Waals surface area (Å²) in [6.07, 6.45) is 0. The van der Waals surface area contributed by atoms with E-state index >= 15 is 0 Å². The van der Waals surface area contributed by atoms with Crippen molar-refractivity contribution in [2.24, 2.45) is 0 Å². The zero-order chi connectivity index (χ0) is 15.6. The fourth-order valence-electron chi connectivity index (χ4n) is 1.77. The van der Waals surface area contributed by atoms with Crippen molar-refractivity contribution in [3.8, 4) is 0 Å². The molecule has 0 aromatic heterocycles. The number of rotatable bonds is 3. The number of nitrogens with one attached hydrogen (secondary N) is 1. The van der Waals surface area contributed by atoms with E-state index in [-0.39, 0.29) is 11.4 Å². The second kappa shape index (κ2) is 6.40. The highest BCUT2D eigenvalue weighted by Gasteiger charge is 2.18. The number of hydrogen-bond acceptors (Lipinski definition) is 3. The summed E-state index contributed by atoms with van der Waals surface area (Å²) in [5, 5.41) is 14.0. The first-order chi connectivity index (χ1) is 9.88. The van der Waals surface area contributed by atoms with Crippen LogP contribution >= 0.6 is 34.2 Å². The Labute approximate surface area is 139 Å². The van der Waals surface area contributed by atoms with Gasteiger partial charge in [-0.3, -0.25) is 14.9 Å². The zero-order valence-electron chi connectivity index (χ0n) is 10.9. The minimum absolute atomic E-state index is 0.147. The van der Waals surface area contributed by atoms with Crippen LogP contribution in [0.2, 0.25) is 5.02 Å². The van der Waals surface area contributed by atoms with E-state index in [1.54, 1.807) is 31.2 Å². The third-order valence-corrected chi connectivity index (χ3v) is 3.95. The number of amides is 1. The Bertz CT molecular complexity index is 734. The van der Waals surface area contributed by atoms with Gasteiger partial charge in [0.1, 0.15) is 5.69 Å². The molecule has 0 radical (unpaired) electrons. The van der Waals surface area contributed by atoms with Crippen LogP contribution in [0.25, 0.3) is 0 Å². The Hall–Kier alpha value is -1.67. The molecule has 0 aliphatic carbocycles. The summed E-state index contributed by atoms with van der Waals surface area (Å²) in [5.41, 5.74) is 1.21. The van der Waals surface area contributed by atoms with Crippen LogP contribution in [-0.2, 0) is 0 Å². The summed E-state index contributed by atoms with van der Waals surface area (Å²) in [6, 6.07) is 9.47. The Morgan fingerprint density at radius 2 is 2.00 bits per heavy atom. The molecule has 1 amide bonds. The normalized spacial score (nSPS) is 10.2. The average Bonchev–Trinajstić information content (AvgIpc) is 2.41. The van der Waals surface area contributed by atoms with Gasteiger partial charge >= 0.3 is 0 Å². The predicted octanol–water partition coefficient (Wildman–Crippen LogP) is 4.41. The van der Waals surface area contributed by atoms with Crippen molar-refractivity contribution in [1.82, 2.24) is 0 Å². The van der Waals surface area contributed by atoms with Crippen molar-refractivity contribution >= 4 is 51.5 Å². The van der Waals surface area contributed by atoms with Gasteiger partial charge in [-0.1, -0.05) is 17.7 Å². The number of hydrogen-bond donors (Lipinski definition) is 1. The molecule has 2 rings (SSSR count). The molecule has 2 aromatic rings. The Morgan fingerprint density at radius 1 is 1.29 bits per heavy atom. The molecule has 0 spiro atoms. The summed E-state index contributed by atoms with van der Waals surface area (Å²) in [6.45, 7) is 1.79. The van der Waals surface area contributed by atoms with Gasteiger partial charge in [0.25, 0.3) is 11.6 Å². The second-order valence-electron chi connectivity index (χ2n) is 4.36. The standard InChI is InChI=1S/C14H10ClIN2O3/c1-8-2-5-13(18(20)21)12(6-8)17-14(19)10-7-9(15)3-4-11(10)16/h2-7H,1H3,(H,17,19).